The van der Waals surface area contributed by atoms with E-state index in [1.54, 1.807) is 6.07 Å². The molecule has 0 fully saturated rings. The van der Waals surface area contributed by atoms with Gasteiger partial charge >= 0.3 is 0 Å². The Balaban J connectivity index is 2.91. The minimum absolute atomic E-state index is 0.0695. The van der Waals surface area contributed by atoms with Crippen LogP contribution in [0.4, 0.5) is 8.78 Å². The molecule has 1 unspecified atom stereocenters. The van der Waals surface area contributed by atoms with Crippen molar-refractivity contribution in [2.45, 2.75) is 19.3 Å². The van der Waals surface area contributed by atoms with Crippen LogP contribution in [0.2, 0.25) is 0 Å². The maximum Gasteiger partial charge on any atom is 0.159 e. The lowest BCUT2D eigenvalue weighted by Gasteiger charge is -2.07. The highest BCUT2D eigenvalue weighted by Gasteiger charge is 2.07. The van der Waals surface area contributed by atoms with E-state index >= 15 is 0 Å². The topological polar surface area (TPSA) is 0 Å². The highest BCUT2D eigenvalue weighted by atomic mass is 19.2. The standard InChI is InChI=1S/C11H10F2/c1-3-4-8(2)9-5-6-10(12)11(13)7-9/h1,5-8H,4H2,2H3. The van der Waals surface area contributed by atoms with Gasteiger partial charge in [0.2, 0.25) is 0 Å². The summed E-state index contributed by atoms with van der Waals surface area (Å²) in [6.07, 6.45) is 5.65. The van der Waals surface area contributed by atoms with Crippen molar-refractivity contribution < 1.29 is 8.78 Å². The average Bonchev–Trinajstić information content (AvgIpc) is 2.10. The van der Waals surface area contributed by atoms with Crippen molar-refractivity contribution in [3.05, 3.63) is 35.4 Å². The molecule has 0 amide bonds. The Kier molecular flexibility index (Phi) is 3.02. The molecule has 0 aliphatic carbocycles. The van der Waals surface area contributed by atoms with E-state index in [4.69, 9.17) is 6.42 Å². The highest BCUT2D eigenvalue weighted by molar-refractivity contribution is 5.22. The molecule has 0 spiro atoms. The van der Waals surface area contributed by atoms with Crippen LogP contribution < -0.4 is 0 Å². The number of rotatable bonds is 2. The molecule has 0 bridgehead atoms. The molecule has 1 atom stereocenters. The van der Waals surface area contributed by atoms with E-state index in [1.165, 1.54) is 6.07 Å². The van der Waals surface area contributed by atoms with Crippen LogP contribution in [0, 0.1) is 24.0 Å². The number of halogens is 2. The van der Waals surface area contributed by atoms with E-state index in [0.29, 0.717) is 6.42 Å². The Morgan fingerprint density at radius 1 is 1.38 bits per heavy atom. The molecular formula is C11H10F2. The monoisotopic (exact) mass is 180 g/mol. The summed E-state index contributed by atoms with van der Waals surface area (Å²) in [6.45, 7) is 1.88. The smallest absolute Gasteiger partial charge is 0.159 e. The van der Waals surface area contributed by atoms with Crippen LogP contribution >= 0.6 is 0 Å². The molecule has 0 saturated carbocycles. The molecule has 1 aromatic rings. The Morgan fingerprint density at radius 3 is 2.62 bits per heavy atom. The molecule has 13 heavy (non-hydrogen) atoms. The van der Waals surface area contributed by atoms with E-state index in [0.717, 1.165) is 11.6 Å². The van der Waals surface area contributed by atoms with Crippen molar-refractivity contribution in [3.63, 3.8) is 0 Å². The summed E-state index contributed by atoms with van der Waals surface area (Å²) in [5.74, 6) is 0.913. The second-order valence-electron chi connectivity index (χ2n) is 2.98. The largest absolute Gasteiger partial charge is 0.204 e. The van der Waals surface area contributed by atoms with E-state index in [1.807, 2.05) is 6.92 Å². The minimum atomic E-state index is -0.823. The summed E-state index contributed by atoms with van der Waals surface area (Å²) in [5.41, 5.74) is 0.733. The van der Waals surface area contributed by atoms with Gasteiger partial charge in [0.05, 0.1) is 0 Å². The van der Waals surface area contributed by atoms with Gasteiger partial charge in [0.1, 0.15) is 0 Å². The lowest BCUT2D eigenvalue weighted by Crippen LogP contribution is -1.94. The number of terminal acetylenes is 1. The maximum atomic E-state index is 12.8. The van der Waals surface area contributed by atoms with E-state index in [9.17, 15) is 8.78 Å². The molecule has 1 aromatic carbocycles. The lowest BCUT2D eigenvalue weighted by atomic mass is 9.98. The normalized spacial score (nSPS) is 12.2. The molecule has 0 nitrogen and oxygen atoms in total. The van der Waals surface area contributed by atoms with Crippen LogP contribution in [0.1, 0.15) is 24.8 Å². The van der Waals surface area contributed by atoms with Crippen LogP contribution in [0.5, 0.6) is 0 Å². The second kappa shape index (κ2) is 4.04. The molecule has 0 heterocycles. The number of hydrogen-bond acceptors (Lipinski definition) is 0. The Morgan fingerprint density at radius 2 is 2.08 bits per heavy atom. The zero-order valence-electron chi connectivity index (χ0n) is 7.35. The van der Waals surface area contributed by atoms with Gasteiger partial charge in [0.25, 0.3) is 0 Å². The van der Waals surface area contributed by atoms with Crippen molar-refractivity contribution >= 4 is 0 Å². The zero-order chi connectivity index (χ0) is 9.84. The fourth-order valence-corrected chi connectivity index (χ4v) is 1.11. The SMILES string of the molecule is C#CCC(C)c1ccc(F)c(F)c1. The fourth-order valence-electron chi connectivity index (χ4n) is 1.11. The van der Waals surface area contributed by atoms with Crippen LogP contribution in [-0.4, -0.2) is 0 Å². The molecule has 1 rings (SSSR count). The predicted molar refractivity (Wildman–Crippen MR) is 48.2 cm³/mol. The van der Waals surface area contributed by atoms with Crippen molar-refractivity contribution in [3.8, 4) is 12.3 Å². The van der Waals surface area contributed by atoms with Crippen LogP contribution in [-0.2, 0) is 0 Å². The quantitative estimate of drug-likeness (QED) is 0.613. The summed E-state index contributed by atoms with van der Waals surface area (Å²) in [5, 5.41) is 0. The van der Waals surface area contributed by atoms with Crippen molar-refractivity contribution in [2.24, 2.45) is 0 Å². The highest BCUT2D eigenvalue weighted by Crippen LogP contribution is 2.20. The molecule has 2 heteroatoms. The summed E-state index contributed by atoms with van der Waals surface area (Å²) in [7, 11) is 0. The van der Waals surface area contributed by atoms with Gasteiger partial charge in [-0.3, -0.25) is 0 Å². The minimum Gasteiger partial charge on any atom is -0.204 e. The van der Waals surface area contributed by atoms with E-state index in [2.05, 4.69) is 5.92 Å². The van der Waals surface area contributed by atoms with Crippen molar-refractivity contribution in [1.29, 1.82) is 0 Å². The fraction of sp³-hybridized carbons (Fsp3) is 0.273. The van der Waals surface area contributed by atoms with Crippen molar-refractivity contribution in [2.75, 3.05) is 0 Å². The molecule has 0 aliphatic rings. The number of hydrogen-bond donors (Lipinski definition) is 0. The first kappa shape index (κ1) is 9.73. The van der Waals surface area contributed by atoms with Crippen LogP contribution in [0.25, 0.3) is 0 Å². The first-order valence-corrected chi connectivity index (χ1v) is 4.03. The van der Waals surface area contributed by atoms with Gasteiger partial charge in [0.15, 0.2) is 11.6 Å². The van der Waals surface area contributed by atoms with Gasteiger partial charge in [-0.25, -0.2) is 8.78 Å². The zero-order valence-corrected chi connectivity index (χ0v) is 7.35. The van der Waals surface area contributed by atoms with Crippen LogP contribution in [0.15, 0.2) is 18.2 Å². The third kappa shape index (κ3) is 2.29. The molecule has 0 radical (unpaired) electrons. The van der Waals surface area contributed by atoms with Gasteiger partial charge in [0, 0.05) is 6.42 Å². The van der Waals surface area contributed by atoms with Crippen LogP contribution in [0.3, 0.4) is 0 Å². The Hall–Kier alpha value is -1.36. The Bertz CT molecular complexity index is 336. The van der Waals surface area contributed by atoms with E-state index in [-0.39, 0.29) is 5.92 Å². The molecule has 0 aliphatic heterocycles. The number of benzene rings is 1. The second-order valence-corrected chi connectivity index (χ2v) is 2.98. The molecule has 0 aromatic heterocycles. The molecule has 0 N–H and O–H groups in total. The summed E-state index contributed by atoms with van der Waals surface area (Å²) < 4.78 is 25.3. The predicted octanol–water partition coefficient (Wildman–Crippen LogP) is 3.09. The molecule has 0 saturated heterocycles. The third-order valence-electron chi connectivity index (χ3n) is 1.94. The third-order valence-corrected chi connectivity index (χ3v) is 1.94. The Labute approximate surface area is 76.6 Å². The molecule has 68 valence electrons. The van der Waals surface area contributed by atoms with Gasteiger partial charge in [-0.15, -0.1) is 12.3 Å². The first-order chi connectivity index (χ1) is 6.15. The summed E-state index contributed by atoms with van der Waals surface area (Å²) in [6, 6.07) is 3.87. The summed E-state index contributed by atoms with van der Waals surface area (Å²) >= 11 is 0. The first-order valence-electron chi connectivity index (χ1n) is 4.03. The van der Waals surface area contributed by atoms with Gasteiger partial charge in [-0.1, -0.05) is 13.0 Å². The summed E-state index contributed by atoms with van der Waals surface area (Å²) in [4.78, 5) is 0. The van der Waals surface area contributed by atoms with Crippen molar-refractivity contribution in [1.82, 2.24) is 0 Å². The molecular weight excluding hydrogens is 170 g/mol. The van der Waals surface area contributed by atoms with Gasteiger partial charge in [-0.2, -0.15) is 0 Å². The van der Waals surface area contributed by atoms with E-state index < -0.39 is 11.6 Å². The maximum absolute atomic E-state index is 12.8. The average molecular weight is 180 g/mol. The van der Waals surface area contributed by atoms with Gasteiger partial charge < -0.3 is 0 Å². The van der Waals surface area contributed by atoms with Gasteiger partial charge in [-0.05, 0) is 23.6 Å². The lowest BCUT2D eigenvalue weighted by molar-refractivity contribution is 0.506.